The minimum absolute atomic E-state index is 0.0430. The molecular formula is C14H19F2NO. The number of carbonyl (C=O) groups excluding carboxylic acids is 1. The molecule has 2 nitrogen and oxygen atoms in total. The molecule has 0 heterocycles. The van der Waals surface area contributed by atoms with Crippen LogP contribution < -0.4 is 0 Å². The molecule has 0 aliphatic rings. The Balaban J connectivity index is 2.74. The van der Waals surface area contributed by atoms with Gasteiger partial charge in [-0.1, -0.05) is 20.8 Å². The van der Waals surface area contributed by atoms with Gasteiger partial charge in [-0.3, -0.25) is 9.69 Å². The first-order chi connectivity index (χ1) is 8.43. The van der Waals surface area contributed by atoms with E-state index >= 15 is 0 Å². The van der Waals surface area contributed by atoms with Gasteiger partial charge in [-0.2, -0.15) is 0 Å². The number of halogens is 2. The molecule has 0 saturated heterocycles. The fourth-order valence-corrected chi connectivity index (χ4v) is 1.83. The Morgan fingerprint density at radius 2 is 2.00 bits per heavy atom. The van der Waals surface area contributed by atoms with Crippen LogP contribution in [0.15, 0.2) is 18.2 Å². The van der Waals surface area contributed by atoms with Crippen LogP contribution in [0.25, 0.3) is 0 Å². The molecule has 0 bridgehead atoms. The number of nitrogens with zero attached hydrogens (tertiary/aromatic N) is 1. The van der Waals surface area contributed by atoms with E-state index in [4.69, 9.17) is 0 Å². The van der Waals surface area contributed by atoms with Gasteiger partial charge in [-0.25, -0.2) is 8.78 Å². The maximum atomic E-state index is 13.4. The van der Waals surface area contributed by atoms with Crippen LogP contribution in [0.3, 0.4) is 0 Å². The Labute approximate surface area is 107 Å². The third-order valence-electron chi connectivity index (χ3n) is 2.67. The standard InChI is InChI=1S/C14H19F2NO/c1-4-17(8-10(2)3)9-14(18)12-6-5-11(15)7-13(12)16/h5-7,10H,4,8-9H2,1-3H3. The van der Waals surface area contributed by atoms with Crippen molar-refractivity contribution in [2.24, 2.45) is 5.92 Å². The Hall–Kier alpha value is -1.29. The topological polar surface area (TPSA) is 20.3 Å². The Kier molecular flexibility index (Phi) is 5.41. The predicted octanol–water partition coefficient (Wildman–Crippen LogP) is 3.13. The van der Waals surface area contributed by atoms with Gasteiger partial charge in [0, 0.05) is 12.6 Å². The first-order valence-electron chi connectivity index (χ1n) is 6.14. The average Bonchev–Trinajstić information content (AvgIpc) is 2.27. The molecule has 0 unspecified atom stereocenters. The van der Waals surface area contributed by atoms with Crippen LogP contribution in [0.1, 0.15) is 31.1 Å². The molecule has 1 rings (SSSR count). The van der Waals surface area contributed by atoms with E-state index in [2.05, 4.69) is 13.8 Å². The number of rotatable bonds is 6. The van der Waals surface area contributed by atoms with E-state index in [1.54, 1.807) is 0 Å². The zero-order valence-corrected chi connectivity index (χ0v) is 11.0. The molecule has 0 spiro atoms. The van der Waals surface area contributed by atoms with Crippen molar-refractivity contribution in [3.8, 4) is 0 Å². The van der Waals surface area contributed by atoms with Crippen LogP contribution in [0.5, 0.6) is 0 Å². The summed E-state index contributed by atoms with van der Waals surface area (Å²) in [5, 5.41) is 0. The van der Waals surface area contributed by atoms with Crippen molar-refractivity contribution in [1.29, 1.82) is 0 Å². The summed E-state index contributed by atoms with van der Waals surface area (Å²) in [6.45, 7) is 7.75. The highest BCUT2D eigenvalue weighted by molar-refractivity contribution is 5.97. The number of likely N-dealkylation sites (N-methyl/N-ethyl adjacent to an activating group) is 1. The van der Waals surface area contributed by atoms with Gasteiger partial charge in [-0.05, 0) is 24.6 Å². The first kappa shape index (κ1) is 14.8. The smallest absolute Gasteiger partial charge is 0.179 e. The highest BCUT2D eigenvalue weighted by Crippen LogP contribution is 2.11. The lowest BCUT2D eigenvalue weighted by Crippen LogP contribution is -2.33. The van der Waals surface area contributed by atoms with Gasteiger partial charge in [0.05, 0.1) is 12.1 Å². The molecule has 0 aliphatic heterocycles. The molecule has 0 saturated carbocycles. The summed E-state index contributed by atoms with van der Waals surface area (Å²) in [6, 6.07) is 3.05. The molecule has 0 atom stereocenters. The number of hydrogen-bond donors (Lipinski definition) is 0. The molecule has 0 aliphatic carbocycles. The molecule has 1 aromatic carbocycles. The highest BCUT2D eigenvalue weighted by Gasteiger charge is 2.16. The van der Waals surface area contributed by atoms with Crippen molar-refractivity contribution in [1.82, 2.24) is 4.90 Å². The van der Waals surface area contributed by atoms with Crippen molar-refractivity contribution in [2.75, 3.05) is 19.6 Å². The van der Waals surface area contributed by atoms with Crippen LogP contribution >= 0.6 is 0 Å². The van der Waals surface area contributed by atoms with Crippen LogP contribution in [-0.4, -0.2) is 30.3 Å². The summed E-state index contributed by atoms with van der Waals surface area (Å²) in [5.74, 6) is -1.33. The van der Waals surface area contributed by atoms with E-state index in [9.17, 15) is 13.6 Å². The summed E-state index contributed by atoms with van der Waals surface area (Å²) >= 11 is 0. The zero-order chi connectivity index (χ0) is 13.7. The molecular weight excluding hydrogens is 236 g/mol. The monoisotopic (exact) mass is 255 g/mol. The Bertz CT molecular complexity index is 418. The summed E-state index contributed by atoms with van der Waals surface area (Å²) in [7, 11) is 0. The maximum Gasteiger partial charge on any atom is 0.179 e. The first-order valence-corrected chi connectivity index (χ1v) is 6.14. The van der Waals surface area contributed by atoms with Crippen molar-refractivity contribution >= 4 is 5.78 Å². The quantitative estimate of drug-likeness (QED) is 0.728. The molecule has 0 amide bonds. The van der Waals surface area contributed by atoms with E-state index in [1.807, 2.05) is 11.8 Å². The van der Waals surface area contributed by atoms with Gasteiger partial charge >= 0.3 is 0 Å². The lowest BCUT2D eigenvalue weighted by molar-refractivity contribution is 0.0922. The summed E-state index contributed by atoms with van der Waals surface area (Å²) in [5.41, 5.74) is -0.0430. The second-order valence-corrected chi connectivity index (χ2v) is 4.77. The van der Waals surface area contributed by atoms with Gasteiger partial charge in [0.15, 0.2) is 5.78 Å². The van der Waals surface area contributed by atoms with Crippen molar-refractivity contribution in [3.05, 3.63) is 35.4 Å². The lowest BCUT2D eigenvalue weighted by Gasteiger charge is -2.21. The molecule has 100 valence electrons. The van der Waals surface area contributed by atoms with E-state index in [1.165, 1.54) is 6.07 Å². The minimum Gasteiger partial charge on any atom is -0.296 e. The largest absolute Gasteiger partial charge is 0.296 e. The summed E-state index contributed by atoms with van der Waals surface area (Å²) in [6.07, 6.45) is 0. The third-order valence-corrected chi connectivity index (χ3v) is 2.67. The van der Waals surface area contributed by atoms with E-state index in [0.717, 1.165) is 25.2 Å². The minimum atomic E-state index is -0.791. The third kappa shape index (κ3) is 4.18. The predicted molar refractivity (Wildman–Crippen MR) is 67.6 cm³/mol. The second kappa shape index (κ2) is 6.59. The van der Waals surface area contributed by atoms with E-state index in [0.29, 0.717) is 5.92 Å². The number of carbonyl (C=O) groups is 1. The highest BCUT2D eigenvalue weighted by atomic mass is 19.1. The maximum absolute atomic E-state index is 13.4. The van der Waals surface area contributed by atoms with Gasteiger partial charge < -0.3 is 0 Å². The summed E-state index contributed by atoms with van der Waals surface area (Å²) in [4.78, 5) is 13.9. The fourth-order valence-electron chi connectivity index (χ4n) is 1.83. The molecule has 1 aromatic rings. The van der Waals surface area contributed by atoms with Crippen LogP contribution in [0, 0.1) is 17.6 Å². The van der Waals surface area contributed by atoms with Gasteiger partial charge in [0.25, 0.3) is 0 Å². The second-order valence-electron chi connectivity index (χ2n) is 4.77. The van der Waals surface area contributed by atoms with Gasteiger partial charge in [-0.15, -0.1) is 0 Å². The van der Waals surface area contributed by atoms with Crippen molar-refractivity contribution in [3.63, 3.8) is 0 Å². The number of Topliss-reactive ketones (excluding diaryl/α,β-unsaturated/α-hetero) is 1. The average molecular weight is 255 g/mol. The van der Waals surface area contributed by atoms with Crippen LogP contribution in [0.4, 0.5) is 8.78 Å². The Morgan fingerprint density at radius 3 is 2.50 bits per heavy atom. The van der Waals surface area contributed by atoms with Gasteiger partial charge in [0.2, 0.25) is 0 Å². The normalized spacial score (nSPS) is 11.3. The molecule has 0 fully saturated rings. The molecule has 4 heteroatoms. The lowest BCUT2D eigenvalue weighted by atomic mass is 10.1. The SMILES string of the molecule is CCN(CC(=O)c1ccc(F)cc1F)CC(C)C. The number of benzene rings is 1. The van der Waals surface area contributed by atoms with Crippen molar-refractivity contribution in [2.45, 2.75) is 20.8 Å². The zero-order valence-electron chi connectivity index (χ0n) is 11.0. The fraction of sp³-hybridized carbons (Fsp3) is 0.500. The number of hydrogen-bond acceptors (Lipinski definition) is 2. The van der Waals surface area contributed by atoms with Crippen LogP contribution in [-0.2, 0) is 0 Å². The molecule has 0 radical (unpaired) electrons. The summed E-state index contributed by atoms with van der Waals surface area (Å²) < 4.78 is 26.2. The van der Waals surface area contributed by atoms with Crippen molar-refractivity contribution < 1.29 is 13.6 Å². The molecule has 0 aromatic heterocycles. The van der Waals surface area contributed by atoms with Crippen LogP contribution in [0.2, 0.25) is 0 Å². The van der Waals surface area contributed by atoms with Gasteiger partial charge in [0.1, 0.15) is 11.6 Å². The van der Waals surface area contributed by atoms with E-state index in [-0.39, 0.29) is 17.9 Å². The van der Waals surface area contributed by atoms with E-state index < -0.39 is 11.6 Å². The molecule has 0 N–H and O–H groups in total. The molecule has 18 heavy (non-hydrogen) atoms. The Morgan fingerprint density at radius 1 is 1.33 bits per heavy atom. The number of ketones is 1.